The minimum absolute atomic E-state index is 0.0743. The first-order chi connectivity index (χ1) is 10.8. The molecule has 0 aliphatic carbocycles. The standard InChI is InChI=1S/C16H19ClN4O/c1-2-3-8-13-19-14-15(21(13)9-10-22)11-6-4-5-7-12(11)18-16(14)20-17/h4-7,22H,2-3,8-10H2,1H3,(H,18,20). The van der Waals surface area contributed by atoms with Gasteiger partial charge in [-0.05, 0) is 12.5 Å². The van der Waals surface area contributed by atoms with Crippen molar-refractivity contribution in [3.8, 4) is 0 Å². The molecule has 116 valence electrons. The number of pyridine rings is 1. The number of hydrogen-bond acceptors (Lipinski definition) is 4. The zero-order chi connectivity index (χ0) is 15.5. The fourth-order valence-corrected chi connectivity index (χ4v) is 2.95. The van der Waals surface area contributed by atoms with E-state index in [9.17, 15) is 5.11 Å². The number of imidazole rings is 1. The van der Waals surface area contributed by atoms with Crippen molar-refractivity contribution in [2.24, 2.45) is 0 Å². The maximum absolute atomic E-state index is 9.44. The van der Waals surface area contributed by atoms with Gasteiger partial charge in [0.2, 0.25) is 0 Å². The summed E-state index contributed by atoms with van der Waals surface area (Å²) in [4.78, 5) is 11.9. The molecule has 3 rings (SSSR count). The molecule has 0 amide bonds. The molecule has 0 aliphatic rings. The first-order valence-corrected chi connectivity index (χ1v) is 7.93. The highest BCUT2D eigenvalue weighted by Gasteiger charge is 2.17. The molecule has 0 aliphatic heterocycles. The summed E-state index contributed by atoms with van der Waals surface area (Å²) in [6, 6.07) is 7.92. The molecule has 3 aromatic rings. The van der Waals surface area contributed by atoms with Gasteiger partial charge < -0.3 is 9.67 Å². The van der Waals surface area contributed by atoms with E-state index in [4.69, 9.17) is 16.8 Å². The third kappa shape index (κ3) is 2.51. The Morgan fingerprint density at radius 1 is 1.27 bits per heavy atom. The van der Waals surface area contributed by atoms with Crippen LogP contribution in [0, 0.1) is 0 Å². The summed E-state index contributed by atoms with van der Waals surface area (Å²) in [5.74, 6) is 1.53. The van der Waals surface area contributed by atoms with Gasteiger partial charge in [-0.3, -0.25) is 4.84 Å². The molecule has 0 radical (unpaired) electrons. The van der Waals surface area contributed by atoms with Crippen molar-refractivity contribution in [3.05, 3.63) is 30.1 Å². The number of aliphatic hydroxyl groups excluding tert-OH is 1. The third-order valence-corrected chi connectivity index (χ3v) is 4.01. The Labute approximate surface area is 134 Å². The average Bonchev–Trinajstić information content (AvgIpc) is 2.91. The number of anilines is 1. The molecule has 0 atom stereocenters. The van der Waals surface area contributed by atoms with Crippen molar-refractivity contribution in [1.82, 2.24) is 14.5 Å². The molecule has 0 fully saturated rings. The summed E-state index contributed by atoms with van der Waals surface area (Å²) in [6.45, 7) is 2.75. The highest BCUT2D eigenvalue weighted by Crippen LogP contribution is 2.30. The van der Waals surface area contributed by atoms with E-state index in [1.807, 2.05) is 24.3 Å². The molecule has 2 heterocycles. The molecular weight excluding hydrogens is 300 g/mol. The van der Waals surface area contributed by atoms with Gasteiger partial charge in [0, 0.05) is 30.1 Å². The molecule has 0 saturated heterocycles. The van der Waals surface area contributed by atoms with E-state index in [-0.39, 0.29) is 6.61 Å². The second kappa shape index (κ2) is 6.50. The molecule has 0 unspecified atom stereocenters. The quantitative estimate of drug-likeness (QED) is 0.683. The number of aryl methyl sites for hydroxylation is 1. The monoisotopic (exact) mass is 318 g/mol. The molecule has 0 saturated carbocycles. The smallest absolute Gasteiger partial charge is 0.169 e. The van der Waals surface area contributed by atoms with Crippen molar-refractivity contribution < 1.29 is 5.11 Å². The summed E-state index contributed by atoms with van der Waals surface area (Å²) >= 11 is 5.84. The van der Waals surface area contributed by atoms with Crippen LogP contribution in [-0.2, 0) is 13.0 Å². The van der Waals surface area contributed by atoms with Crippen LogP contribution in [0.2, 0.25) is 0 Å². The largest absolute Gasteiger partial charge is 0.395 e. The van der Waals surface area contributed by atoms with Crippen molar-refractivity contribution in [2.75, 3.05) is 11.4 Å². The lowest BCUT2D eigenvalue weighted by atomic mass is 10.2. The van der Waals surface area contributed by atoms with E-state index in [0.29, 0.717) is 12.4 Å². The Balaban J connectivity index is 2.34. The van der Waals surface area contributed by atoms with Gasteiger partial charge in [0.25, 0.3) is 0 Å². The van der Waals surface area contributed by atoms with Crippen LogP contribution in [-0.4, -0.2) is 26.2 Å². The first kappa shape index (κ1) is 15.1. The maximum Gasteiger partial charge on any atom is 0.169 e. The second-order valence-electron chi connectivity index (χ2n) is 5.28. The molecule has 1 aromatic carbocycles. The van der Waals surface area contributed by atoms with E-state index in [0.717, 1.165) is 47.0 Å². The Kier molecular flexibility index (Phi) is 4.45. The number of benzene rings is 1. The number of unbranched alkanes of at least 4 members (excludes halogenated alkanes) is 1. The summed E-state index contributed by atoms with van der Waals surface area (Å²) in [6.07, 6.45) is 3.03. The SMILES string of the molecule is CCCCc1nc2c(NCl)nc3ccccc3c2n1CCO. The summed E-state index contributed by atoms with van der Waals surface area (Å²) < 4.78 is 2.09. The summed E-state index contributed by atoms with van der Waals surface area (Å²) in [7, 11) is 0. The van der Waals surface area contributed by atoms with Gasteiger partial charge in [0.15, 0.2) is 5.82 Å². The van der Waals surface area contributed by atoms with Gasteiger partial charge in [0.1, 0.15) is 11.3 Å². The zero-order valence-electron chi connectivity index (χ0n) is 12.5. The number of fused-ring (bicyclic) bond motifs is 3. The van der Waals surface area contributed by atoms with Crippen LogP contribution < -0.4 is 4.84 Å². The number of nitrogens with zero attached hydrogens (tertiary/aromatic N) is 3. The molecular formula is C16H19ClN4O. The van der Waals surface area contributed by atoms with Gasteiger partial charge in [-0.25, -0.2) is 9.97 Å². The number of nitrogens with one attached hydrogen (secondary N) is 1. The van der Waals surface area contributed by atoms with Gasteiger partial charge in [-0.2, -0.15) is 0 Å². The fraction of sp³-hybridized carbons (Fsp3) is 0.375. The lowest BCUT2D eigenvalue weighted by Gasteiger charge is -2.09. The second-order valence-corrected chi connectivity index (χ2v) is 5.47. The van der Waals surface area contributed by atoms with Crippen LogP contribution in [0.4, 0.5) is 5.82 Å². The number of para-hydroxylation sites is 1. The van der Waals surface area contributed by atoms with Crippen LogP contribution in [0.15, 0.2) is 24.3 Å². The van der Waals surface area contributed by atoms with Gasteiger partial charge in [-0.1, -0.05) is 31.5 Å². The van der Waals surface area contributed by atoms with Crippen LogP contribution >= 0.6 is 11.8 Å². The van der Waals surface area contributed by atoms with Gasteiger partial charge in [-0.15, -0.1) is 0 Å². The average molecular weight is 319 g/mol. The van der Waals surface area contributed by atoms with Crippen molar-refractivity contribution in [2.45, 2.75) is 32.7 Å². The van der Waals surface area contributed by atoms with Crippen molar-refractivity contribution in [3.63, 3.8) is 0 Å². The number of hydrogen-bond donors (Lipinski definition) is 2. The Morgan fingerprint density at radius 3 is 2.82 bits per heavy atom. The fourth-order valence-electron chi connectivity index (χ4n) is 2.81. The van der Waals surface area contributed by atoms with Crippen LogP contribution in [0.3, 0.4) is 0 Å². The minimum atomic E-state index is 0.0743. The number of aromatic nitrogens is 3. The first-order valence-electron chi connectivity index (χ1n) is 7.55. The van der Waals surface area contributed by atoms with Crippen LogP contribution in [0.1, 0.15) is 25.6 Å². The maximum atomic E-state index is 9.44. The Morgan fingerprint density at radius 2 is 2.09 bits per heavy atom. The van der Waals surface area contributed by atoms with E-state index < -0.39 is 0 Å². The van der Waals surface area contributed by atoms with Gasteiger partial charge >= 0.3 is 0 Å². The molecule has 2 aromatic heterocycles. The molecule has 22 heavy (non-hydrogen) atoms. The molecule has 5 nitrogen and oxygen atoms in total. The highest BCUT2D eigenvalue weighted by atomic mass is 35.5. The third-order valence-electron chi connectivity index (χ3n) is 3.83. The van der Waals surface area contributed by atoms with Crippen molar-refractivity contribution >= 4 is 39.5 Å². The van der Waals surface area contributed by atoms with Crippen LogP contribution in [0.25, 0.3) is 21.9 Å². The molecule has 6 heteroatoms. The van der Waals surface area contributed by atoms with Crippen LogP contribution in [0.5, 0.6) is 0 Å². The lowest BCUT2D eigenvalue weighted by Crippen LogP contribution is -2.07. The zero-order valence-corrected chi connectivity index (χ0v) is 13.3. The minimum Gasteiger partial charge on any atom is -0.395 e. The Hall–Kier alpha value is -1.85. The molecule has 2 N–H and O–H groups in total. The Bertz CT molecular complexity index is 800. The normalized spacial score (nSPS) is 11.4. The highest BCUT2D eigenvalue weighted by molar-refractivity contribution is 6.26. The van der Waals surface area contributed by atoms with E-state index in [1.165, 1.54) is 0 Å². The summed E-state index contributed by atoms with van der Waals surface area (Å²) in [5, 5.41) is 10.5. The van der Waals surface area contributed by atoms with Gasteiger partial charge in [0.05, 0.1) is 17.6 Å². The molecule has 0 bridgehead atoms. The predicted molar refractivity (Wildman–Crippen MR) is 90.2 cm³/mol. The lowest BCUT2D eigenvalue weighted by molar-refractivity contribution is 0.276. The van der Waals surface area contributed by atoms with E-state index in [2.05, 4.69) is 21.3 Å². The van der Waals surface area contributed by atoms with E-state index >= 15 is 0 Å². The van der Waals surface area contributed by atoms with E-state index in [1.54, 1.807) is 0 Å². The topological polar surface area (TPSA) is 63.0 Å². The number of halogens is 1. The number of aliphatic hydroxyl groups is 1. The predicted octanol–water partition coefficient (Wildman–Crippen LogP) is 3.49. The summed E-state index contributed by atoms with van der Waals surface area (Å²) in [5.41, 5.74) is 2.60. The number of rotatable bonds is 6. The van der Waals surface area contributed by atoms with Crippen molar-refractivity contribution in [1.29, 1.82) is 0 Å². The molecule has 0 spiro atoms.